The molecule has 0 spiro atoms. The summed E-state index contributed by atoms with van der Waals surface area (Å²) in [5.74, 6) is 1.23. The van der Waals surface area contributed by atoms with E-state index in [2.05, 4.69) is 11.1 Å². The molecule has 0 atom stereocenters. The molecule has 1 aromatic heterocycles. The number of amides is 2. The molecular weight excluding hydrogens is 368 g/mol. The highest BCUT2D eigenvalue weighted by atomic mass is 16.4. The molecule has 3 heterocycles. The SMILES string of the molecule is Cc1oc(C2CCN(C(=O)c3ccc(C#N)cc3)CC2)nc1C(=O)N1CCCC1. The molecule has 0 bridgehead atoms. The predicted molar refractivity (Wildman–Crippen MR) is 105 cm³/mol. The molecule has 0 saturated carbocycles. The molecule has 2 aromatic rings. The Labute approximate surface area is 169 Å². The number of hydrogen-bond donors (Lipinski definition) is 0. The van der Waals surface area contributed by atoms with E-state index in [-0.39, 0.29) is 17.7 Å². The highest BCUT2D eigenvalue weighted by Crippen LogP contribution is 2.30. The average Bonchev–Trinajstić information content (AvgIpc) is 3.43. The summed E-state index contributed by atoms with van der Waals surface area (Å²) in [6, 6.07) is 8.77. The van der Waals surface area contributed by atoms with E-state index >= 15 is 0 Å². The molecule has 7 nitrogen and oxygen atoms in total. The Hall–Kier alpha value is -3.14. The Bertz CT molecular complexity index is 943. The van der Waals surface area contributed by atoms with Crippen molar-refractivity contribution < 1.29 is 14.0 Å². The number of aryl methyl sites for hydroxylation is 1. The van der Waals surface area contributed by atoms with Crippen molar-refractivity contribution in [2.75, 3.05) is 26.2 Å². The number of aromatic nitrogens is 1. The molecule has 0 unspecified atom stereocenters. The van der Waals surface area contributed by atoms with Crippen molar-refractivity contribution in [2.45, 2.75) is 38.5 Å². The molecular formula is C22H24N4O3. The summed E-state index contributed by atoms with van der Waals surface area (Å²) in [7, 11) is 0. The van der Waals surface area contributed by atoms with E-state index in [0.29, 0.717) is 41.6 Å². The lowest BCUT2D eigenvalue weighted by atomic mass is 9.96. The molecule has 2 aliphatic heterocycles. The maximum absolute atomic E-state index is 12.7. The molecule has 150 valence electrons. The van der Waals surface area contributed by atoms with Gasteiger partial charge in [-0.15, -0.1) is 0 Å². The number of piperidine rings is 1. The van der Waals surface area contributed by atoms with Crippen LogP contribution in [0.25, 0.3) is 0 Å². The third kappa shape index (κ3) is 3.88. The van der Waals surface area contributed by atoms with E-state index in [1.807, 2.05) is 9.80 Å². The van der Waals surface area contributed by atoms with Crippen LogP contribution < -0.4 is 0 Å². The third-order valence-electron chi connectivity index (χ3n) is 5.80. The number of hydrogen-bond acceptors (Lipinski definition) is 5. The second kappa shape index (κ2) is 8.08. The van der Waals surface area contributed by atoms with Crippen LogP contribution in [-0.4, -0.2) is 52.8 Å². The Morgan fingerprint density at radius 2 is 1.66 bits per heavy atom. The molecule has 0 aliphatic carbocycles. The van der Waals surface area contributed by atoms with Gasteiger partial charge < -0.3 is 14.2 Å². The van der Waals surface area contributed by atoms with Crippen molar-refractivity contribution in [1.29, 1.82) is 5.26 Å². The fourth-order valence-corrected chi connectivity index (χ4v) is 4.06. The molecule has 2 saturated heterocycles. The average molecular weight is 392 g/mol. The maximum atomic E-state index is 12.7. The fourth-order valence-electron chi connectivity index (χ4n) is 4.06. The van der Waals surface area contributed by atoms with Crippen molar-refractivity contribution in [3.63, 3.8) is 0 Å². The number of benzene rings is 1. The first-order valence-electron chi connectivity index (χ1n) is 10.1. The van der Waals surface area contributed by atoms with E-state index in [1.165, 1.54) is 0 Å². The van der Waals surface area contributed by atoms with Gasteiger partial charge in [-0.3, -0.25) is 9.59 Å². The molecule has 7 heteroatoms. The van der Waals surface area contributed by atoms with Gasteiger partial charge in [-0.05, 0) is 56.9 Å². The second-order valence-corrected chi connectivity index (χ2v) is 7.71. The molecule has 1 aromatic carbocycles. The number of oxazole rings is 1. The number of likely N-dealkylation sites (tertiary alicyclic amines) is 2. The zero-order valence-corrected chi connectivity index (χ0v) is 16.6. The summed E-state index contributed by atoms with van der Waals surface area (Å²) >= 11 is 0. The van der Waals surface area contributed by atoms with Gasteiger partial charge in [-0.1, -0.05) is 0 Å². The van der Waals surface area contributed by atoms with Crippen LogP contribution in [0.1, 0.15) is 69.7 Å². The van der Waals surface area contributed by atoms with Gasteiger partial charge in [0, 0.05) is 37.7 Å². The highest BCUT2D eigenvalue weighted by Gasteiger charge is 2.30. The lowest BCUT2D eigenvalue weighted by Crippen LogP contribution is -2.38. The van der Waals surface area contributed by atoms with Gasteiger partial charge >= 0.3 is 0 Å². The standard InChI is InChI=1S/C22H24N4O3/c1-15-19(22(28)25-10-2-3-11-25)24-20(29-15)17-8-12-26(13-9-17)21(27)18-6-4-16(14-23)5-7-18/h4-7,17H,2-3,8-13H2,1H3. The van der Waals surface area contributed by atoms with E-state index in [9.17, 15) is 9.59 Å². The summed E-state index contributed by atoms with van der Waals surface area (Å²) in [4.78, 5) is 33.5. The highest BCUT2D eigenvalue weighted by molar-refractivity contribution is 5.94. The first-order chi connectivity index (χ1) is 14.1. The molecule has 2 fully saturated rings. The number of rotatable bonds is 3. The lowest BCUT2D eigenvalue weighted by molar-refractivity contribution is 0.0705. The van der Waals surface area contributed by atoms with Crippen LogP contribution in [0.4, 0.5) is 0 Å². The van der Waals surface area contributed by atoms with E-state index < -0.39 is 0 Å². The first-order valence-corrected chi connectivity index (χ1v) is 10.1. The monoisotopic (exact) mass is 392 g/mol. The quantitative estimate of drug-likeness (QED) is 0.800. The smallest absolute Gasteiger partial charge is 0.276 e. The molecule has 0 N–H and O–H groups in total. The zero-order chi connectivity index (χ0) is 20.4. The fraction of sp³-hybridized carbons (Fsp3) is 0.455. The summed E-state index contributed by atoms with van der Waals surface area (Å²) < 4.78 is 5.85. The van der Waals surface area contributed by atoms with Crippen molar-refractivity contribution in [3.05, 3.63) is 52.7 Å². The first kappa shape index (κ1) is 19.2. The largest absolute Gasteiger partial charge is 0.445 e. The summed E-state index contributed by atoms with van der Waals surface area (Å²) in [6.07, 6.45) is 3.58. The van der Waals surface area contributed by atoms with Crippen molar-refractivity contribution >= 4 is 11.8 Å². The van der Waals surface area contributed by atoms with Gasteiger partial charge in [0.05, 0.1) is 11.6 Å². The Morgan fingerprint density at radius 1 is 1.03 bits per heavy atom. The second-order valence-electron chi connectivity index (χ2n) is 7.71. The van der Waals surface area contributed by atoms with E-state index in [0.717, 1.165) is 38.8 Å². The molecule has 4 rings (SSSR count). The molecule has 2 amide bonds. The van der Waals surface area contributed by atoms with Gasteiger partial charge in [0.25, 0.3) is 11.8 Å². The van der Waals surface area contributed by atoms with E-state index in [4.69, 9.17) is 9.68 Å². The number of nitrogens with zero attached hydrogens (tertiary/aromatic N) is 4. The molecule has 0 radical (unpaired) electrons. The molecule has 2 aliphatic rings. The maximum Gasteiger partial charge on any atom is 0.276 e. The van der Waals surface area contributed by atoms with Gasteiger partial charge in [0.2, 0.25) is 0 Å². The minimum absolute atomic E-state index is 0.0265. The Morgan fingerprint density at radius 3 is 2.28 bits per heavy atom. The minimum Gasteiger partial charge on any atom is -0.445 e. The lowest BCUT2D eigenvalue weighted by Gasteiger charge is -2.30. The normalized spacial score (nSPS) is 17.4. The summed E-state index contributed by atoms with van der Waals surface area (Å²) in [5, 5.41) is 8.89. The van der Waals surface area contributed by atoms with Crippen molar-refractivity contribution in [1.82, 2.24) is 14.8 Å². The van der Waals surface area contributed by atoms with Gasteiger partial charge in [-0.2, -0.15) is 5.26 Å². The van der Waals surface area contributed by atoms with Crippen LogP contribution in [0.3, 0.4) is 0 Å². The van der Waals surface area contributed by atoms with Crippen LogP contribution in [0, 0.1) is 18.3 Å². The van der Waals surface area contributed by atoms with Crippen LogP contribution in [-0.2, 0) is 0 Å². The zero-order valence-electron chi connectivity index (χ0n) is 16.6. The van der Waals surface area contributed by atoms with Gasteiger partial charge in [0.1, 0.15) is 5.76 Å². The Balaban J connectivity index is 1.39. The Kier molecular flexibility index (Phi) is 5.34. The van der Waals surface area contributed by atoms with Crippen molar-refractivity contribution in [2.24, 2.45) is 0 Å². The van der Waals surface area contributed by atoms with Crippen molar-refractivity contribution in [3.8, 4) is 6.07 Å². The third-order valence-corrected chi connectivity index (χ3v) is 5.80. The van der Waals surface area contributed by atoms with Crippen LogP contribution >= 0.6 is 0 Å². The topological polar surface area (TPSA) is 90.4 Å². The van der Waals surface area contributed by atoms with Gasteiger partial charge in [0.15, 0.2) is 11.6 Å². The minimum atomic E-state index is -0.0385. The van der Waals surface area contributed by atoms with Crippen LogP contribution in [0.2, 0.25) is 0 Å². The number of carbonyl (C=O) groups excluding carboxylic acids is 2. The number of carbonyl (C=O) groups is 2. The van der Waals surface area contributed by atoms with Gasteiger partial charge in [-0.25, -0.2) is 4.98 Å². The van der Waals surface area contributed by atoms with Crippen LogP contribution in [0.15, 0.2) is 28.7 Å². The predicted octanol–water partition coefficient (Wildman–Crippen LogP) is 3.11. The van der Waals surface area contributed by atoms with Crippen LogP contribution in [0.5, 0.6) is 0 Å². The summed E-state index contributed by atoms with van der Waals surface area (Å²) in [6.45, 7) is 4.59. The van der Waals surface area contributed by atoms with E-state index in [1.54, 1.807) is 31.2 Å². The summed E-state index contributed by atoms with van der Waals surface area (Å²) in [5.41, 5.74) is 1.56. The number of nitriles is 1. The molecule has 29 heavy (non-hydrogen) atoms.